The number of anilines is 1. The second-order valence-electron chi connectivity index (χ2n) is 5.59. The number of ether oxygens (including phenoxy) is 1. The van der Waals surface area contributed by atoms with E-state index in [1.54, 1.807) is 0 Å². The summed E-state index contributed by atoms with van der Waals surface area (Å²) >= 11 is 0. The van der Waals surface area contributed by atoms with Gasteiger partial charge in [0.05, 0.1) is 11.8 Å². The maximum Gasteiger partial charge on any atom is 0.151 e. The summed E-state index contributed by atoms with van der Waals surface area (Å²) < 4.78 is 5.70. The molecule has 20 heavy (non-hydrogen) atoms. The first-order valence-corrected chi connectivity index (χ1v) is 7.61. The van der Waals surface area contributed by atoms with Crippen molar-refractivity contribution in [3.63, 3.8) is 0 Å². The molecule has 1 N–H and O–H groups in total. The van der Waals surface area contributed by atoms with Crippen LogP contribution in [0.3, 0.4) is 0 Å². The number of aromatic nitrogens is 2. The van der Waals surface area contributed by atoms with Crippen LogP contribution in [0.1, 0.15) is 39.3 Å². The molecule has 2 rings (SSSR count). The van der Waals surface area contributed by atoms with Crippen molar-refractivity contribution in [2.45, 2.75) is 52.3 Å². The van der Waals surface area contributed by atoms with Crippen LogP contribution >= 0.6 is 0 Å². The lowest BCUT2D eigenvalue weighted by molar-refractivity contribution is 0.115. The summed E-state index contributed by atoms with van der Waals surface area (Å²) in [5, 5.41) is 12.0. The number of nitrogens with zero attached hydrogens (tertiary/aromatic N) is 3. The monoisotopic (exact) mass is 278 g/mol. The summed E-state index contributed by atoms with van der Waals surface area (Å²) in [6, 6.07) is 4.57. The highest BCUT2D eigenvalue weighted by Gasteiger charge is 2.19. The summed E-state index contributed by atoms with van der Waals surface area (Å²) in [5.74, 6) is 0.941. The van der Waals surface area contributed by atoms with Crippen LogP contribution in [-0.2, 0) is 11.3 Å². The second-order valence-corrected chi connectivity index (χ2v) is 5.59. The fourth-order valence-corrected chi connectivity index (χ4v) is 2.34. The number of likely N-dealkylation sites (N-methyl/N-ethyl adjacent to an activating group) is 1. The van der Waals surface area contributed by atoms with E-state index in [9.17, 15) is 0 Å². The zero-order chi connectivity index (χ0) is 14.4. The summed E-state index contributed by atoms with van der Waals surface area (Å²) in [6.07, 6.45) is 2.67. The van der Waals surface area contributed by atoms with E-state index in [1.165, 1.54) is 6.42 Å². The summed E-state index contributed by atoms with van der Waals surface area (Å²) in [5.41, 5.74) is 0.982. The fourth-order valence-electron chi connectivity index (χ4n) is 2.34. The third-order valence-electron chi connectivity index (χ3n) is 3.55. The molecule has 0 saturated carbocycles. The number of nitrogens with one attached hydrogen (secondary N) is 1. The van der Waals surface area contributed by atoms with Gasteiger partial charge in [0, 0.05) is 32.3 Å². The van der Waals surface area contributed by atoms with Crippen LogP contribution in [-0.4, -0.2) is 42.0 Å². The fraction of sp³-hybridized carbons (Fsp3) is 0.733. The van der Waals surface area contributed by atoms with Gasteiger partial charge in [-0.1, -0.05) is 13.8 Å². The molecule has 1 fully saturated rings. The molecule has 112 valence electrons. The van der Waals surface area contributed by atoms with E-state index >= 15 is 0 Å². The lowest BCUT2D eigenvalue weighted by atomic mass is 10.2. The van der Waals surface area contributed by atoms with E-state index in [0.717, 1.165) is 44.2 Å². The Morgan fingerprint density at radius 3 is 2.80 bits per heavy atom. The molecule has 1 atom stereocenters. The standard InChI is InChI=1S/C15H26N4O/c1-4-19(11-14-6-5-9-20-14)15-8-7-13(17-18-15)10-16-12(2)3/h7-8,12,14,16H,4-6,9-11H2,1-3H3. The smallest absolute Gasteiger partial charge is 0.151 e. The molecule has 5 heteroatoms. The molecule has 5 nitrogen and oxygen atoms in total. The van der Waals surface area contributed by atoms with Crippen LogP contribution in [0, 0.1) is 0 Å². The quantitative estimate of drug-likeness (QED) is 0.826. The Labute approximate surface area is 121 Å². The summed E-state index contributed by atoms with van der Waals surface area (Å²) in [7, 11) is 0. The maximum absolute atomic E-state index is 5.70. The minimum Gasteiger partial charge on any atom is -0.376 e. The molecule has 1 unspecified atom stereocenters. The average molecular weight is 278 g/mol. The van der Waals surface area contributed by atoms with Gasteiger partial charge in [-0.25, -0.2) is 0 Å². The molecule has 2 heterocycles. The van der Waals surface area contributed by atoms with E-state index in [-0.39, 0.29) is 0 Å². The maximum atomic E-state index is 5.70. The van der Waals surface area contributed by atoms with Crippen molar-refractivity contribution in [2.75, 3.05) is 24.6 Å². The van der Waals surface area contributed by atoms with Gasteiger partial charge in [-0.15, -0.1) is 5.10 Å². The van der Waals surface area contributed by atoms with Crippen LogP contribution < -0.4 is 10.2 Å². The first kappa shape index (κ1) is 15.2. The Balaban J connectivity index is 1.92. The Bertz CT molecular complexity index is 387. The zero-order valence-electron chi connectivity index (χ0n) is 12.8. The predicted octanol–water partition coefficient (Wildman–Crippen LogP) is 1.98. The topological polar surface area (TPSA) is 50.3 Å². The first-order valence-electron chi connectivity index (χ1n) is 7.61. The molecule has 1 aromatic heterocycles. The molecule has 1 aromatic rings. The van der Waals surface area contributed by atoms with E-state index in [4.69, 9.17) is 4.74 Å². The van der Waals surface area contributed by atoms with Gasteiger partial charge in [0.25, 0.3) is 0 Å². The van der Waals surface area contributed by atoms with Crippen LogP contribution in [0.25, 0.3) is 0 Å². The van der Waals surface area contributed by atoms with Gasteiger partial charge in [-0.05, 0) is 31.9 Å². The largest absolute Gasteiger partial charge is 0.376 e. The first-order chi connectivity index (χ1) is 9.69. The van der Waals surface area contributed by atoms with Crippen LogP contribution in [0.15, 0.2) is 12.1 Å². The molecular formula is C15H26N4O. The zero-order valence-corrected chi connectivity index (χ0v) is 12.8. The summed E-state index contributed by atoms with van der Waals surface area (Å²) in [4.78, 5) is 2.24. The second kappa shape index (κ2) is 7.55. The van der Waals surface area contributed by atoms with E-state index in [2.05, 4.69) is 53.3 Å². The highest BCUT2D eigenvalue weighted by Crippen LogP contribution is 2.17. The minimum absolute atomic E-state index is 0.346. The van der Waals surface area contributed by atoms with Crippen molar-refractivity contribution in [3.05, 3.63) is 17.8 Å². The van der Waals surface area contributed by atoms with Gasteiger partial charge in [-0.2, -0.15) is 5.10 Å². The normalized spacial score (nSPS) is 18.7. The number of hydrogen-bond donors (Lipinski definition) is 1. The van der Waals surface area contributed by atoms with Crippen LogP contribution in [0.4, 0.5) is 5.82 Å². The third-order valence-corrected chi connectivity index (χ3v) is 3.55. The van der Waals surface area contributed by atoms with Gasteiger partial charge in [-0.3, -0.25) is 0 Å². The van der Waals surface area contributed by atoms with Crippen molar-refractivity contribution < 1.29 is 4.74 Å². The van der Waals surface area contributed by atoms with Gasteiger partial charge in [0.1, 0.15) is 0 Å². The molecule has 0 amide bonds. The molecule has 1 aliphatic rings. The Kier molecular flexibility index (Phi) is 5.73. The van der Waals surface area contributed by atoms with Crippen molar-refractivity contribution in [1.29, 1.82) is 0 Å². The van der Waals surface area contributed by atoms with E-state index in [1.807, 2.05) is 0 Å². The van der Waals surface area contributed by atoms with Gasteiger partial charge < -0.3 is 15.0 Å². The lowest BCUT2D eigenvalue weighted by Gasteiger charge is -2.24. The van der Waals surface area contributed by atoms with Crippen LogP contribution in [0.2, 0.25) is 0 Å². The molecule has 0 aromatic carbocycles. The number of hydrogen-bond acceptors (Lipinski definition) is 5. The molecule has 0 aliphatic carbocycles. The SMILES string of the molecule is CCN(CC1CCCO1)c1ccc(CNC(C)C)nn1. The van der Waals surface area contributed by atoms with Crippen LogP contribution in [0.5, 0.6) is 0 Å². The van der Waals surface area contributed by atoms with E-state index < -0.39 is 0 Å². The van der Waals surface area contributed by atoms with E-state index in [0.29, 0.717) is 12.1 Å². The lowest BCUT2D eigenvalue weighted by Crippen LogP contribution is -2.33. The Hall–Kier alpha value is -1.20. The van der Waals surface area contributed by atoms with Crippen molar-refractivity contribution in [3.8, 4) is 0 Å². The molecule has 1 aliphatic heterocycles. The van der Waals surface area contributed by atoms with Crippen molar-refractivity contribution in [1.82, 2.24) is 15.5 Å². The molecule has 0 spiro atoms. The minimum atomic E-state index is 0.346. The van der Waals surface area contributed by atoms with Crippen molar-refractivity contribution >= 4 is 5.82 Å². The predicted molar refractivity (Wildman–Crippen MR) is 80.9 cm³/mol. The number of rotatable bonds is 7. The molecule has 0 radical (unpaired) electrons. The highest BCUT2D eigenvalue weighted by molar-refractivity contribution is 5.37. The highest BCUT2D eigenvalue weighted by atomic mass is 16.5. The van der Waals surface area contributed by atoms with Gasteiger partial charge >= 0.3 is 0 Å². The van der Waals surface area contributed by atoms with Gasteiger partial charge in [0.2, 0.25) is 0 Å². The molecule has 1 saturated heterocycles. The van der Waals surface area contributed by atoms with Gasteiger partial charge in [0.15, 0.2) is 5.82 Å². The Morgan fingerprint density at radius 2 is 2.25 bits per heavy atom. The average Bonchev–Trinajstić information content (AvgIpc) is 2.96. The Morgan fingerprint density at radius 1 is 1.40 bits per heavy atom. The van der Waals surface area contributed by atoms with Crippen molar-refractivity contribution in [2.24, 2.45) is 0 Å². The molecular weight excluding hydrogens is 252 g/mol. The third kappa shape index (κ3) is 4.42. The summed E-state index contributed by atoms with van der Waals surface area (Å²) in [6.45, 7) is 9.90. The molecule has 0 bridgehead atoms.